The summed E-state index contributed by atoms with van der Waals surface area (Å²) in [6, 6.07) is 8.57. The molecule has 0 saturated carbocycles. The molecule has 3 fully saturated rings. The van der Waals surface area contributed by atoms with Crippen LogP contribution in [-0.2, 0) is 6.42 Å². The minimum absolute atomic E-state index is 0.00510. The molecule has 7 nitrogen and oxygen atoms in total. The van der Waals surface area contributed by atoms with Gasteiger partial charge in [-0.2, -0.15) is 9.97 Å². The summed E-state index contributed by atoms with van der Waals surface area (Å²) in [5.74, 6) is -0.561. The molecular formula is C33H36F3N5O2. The third-order valence-electron chi connectivity index (χ3n) is 9.55. The number of anilines is 1. The van der Waals surface area contributed by atoms with E-state index in [-0.39, 0.29) is 29.6 Å². The molecule has 1 unspecified atom stereocenters. The van der Waals surface area contributed by atoms with Gasteiger partial charge in [0.25, 0.3) is 0 Å². The van der Waals surface area contributed by atoms with Crippen molar-refractivity contribution in [1.29, 1.82) is 0 Å². The number of nitrogens with zero attached hydrogens (tertiary/aromatic N) is 5. The highest BCUT2D eigenvalue weighted by Crippen LogP contribution is 2.41. The Labute approximate surface area is 248 Å². The standard InChI is InChI=1S/C33H36F3N5O2/c1-3-22-25(35)10-9-20-7-4-8-23(26(20)22)28-27(36)29-24(16-37-28)30(40-13-5-11-32(2,42)18-40)39-31(38-29)43-19-33-12-6-14-41(33)17-21(34)15-33/h4,7-10,16,21,42H,3,5-6,11-15,17-19H2,1-2H3/t21-,32?,33+/m1/s1. The van der Waals surface area contributed by atoms with Crippen LogP contribution in [0.5, 0.6) is 6.01 Å². The van der Waals surface area contributed by atoms with Crippen LogP contribution in [0.15, 0.2) is 36.5 Å². The van der Waals surface area contributed by atoms with Crippen LogP contribution in [-0.4, -0.2) is 75.1 Å². The number of piperidine rings is 1. The minimum atomic E-state index is -0.935. The summed E-state index contributed by atoms with van der Waals surface area (Å²) in [6.07, 6.45) is 4.65. The maximum absolute atomic E-state index is 16.7. The number of aryl methyl sites for hydroxylation is 1. The highest BCUT2D eigenvalue weighted by atomic mass is 19.1. The summed E-state index contributed by atoms with van der Waals surface area (Å²) in [5.41, 5.74) is -0.265. The Bertz CT molecular complexity index is 1720. The van der Waals surface area contributed by atoms with Crippen molar-refractivity contribution in [3.8, 4) is 17.3 Å². The molecule has 3 saturated heterocycles. The molecule has 3 aliphatic heterocycles. The molecule has 0 spiro atoms. The summed E-state index contributed by atoms with van der Waals surface area (Å²) >= 11 is 0. The lowest BCUT2D eigenvalue weighted by Crippen LogP contribution is -2.46. The maximum Gasteiger partial charge on any atom is 0.319 e. The molecule has 0 aliphatic carbocycles. The fourth-order valence-electron chi connectivity index (χ4n) is 7.54. The summed E-state index contributed by atoms with van der Waals surface area (Å²) in [4.78, 5) is 17.9. The molecule has 0 amide bonds. The van der Waals surface area contributed by atoms with Gasteiger partial charge in [0.1, 0.15) is 35.6 Å². The number of hydrogen-bond donors (Lipinski definition) is 1. The summed E-state index contributed by atoms with van der Waals surface area (Å²) in [7, 11) is 0. The van der Waals surface area contributed by atoms with Crippen molar-refractivity contribution in [2.75, 3.05) is 37.7 Å². The molecule has 7 rings (SSSR count). The van der Waals surface area contributed by atoms with Crippen molar-refractivity contribution in [2.24, 2.45) is 0 Å². The van der Waals surface area contributed by atoms with Gasteiger partial charge in [-0.1, -0.05) is 31.2 Å². The zero-order valence-corrected chi connectivity index (χ0v) is 24.5. The Morgan fingerprint density at radius 3 is 2.74 bits per heavy atom. The minimum Gasteiger partial charge on any atom is -0.461 e. The quantitative estimate of drug-likeness (QED) is 0.295. The van der Waals surface area contributed by atoms with Crippen molar-refractivity contribution in [1.82, 2.24) is 19.9 Å². The molecule has 10 heteroatoms. The van der Waals surface area contributed by atoms with E-state index in [9.17, 15) is 13.9 Å². The van der Waals surface area contributed by atoms with Crippen LogP contribution in [0.1, 0.15) is 51.5 Å². The van der Waals surface area contributed by atoms with Crippen LogP contribution in [0.4, 0.5) is 19.0 Å². The molecule has 2 aromatic heterocycles. The van der Waals surface area contributed by atoms with Gasteiger partial charge in [-0.3, -0.25) is 9.88 Å². The van der Waals surface area contributed by atoms with Gasteiger partial charge in [0.2, 0.25) is 0 Å². The zero-order chi connectivity index (χ0) is 29.9. The monoisotopic (exact) mass is 591 g/mol. The molecule has 3 atom stereocenters. The normalized spacial score (nSPS) is 26.0. The SMILES string of the molecule is CCc1c(F)ccc2cccc(-c3ncc4c(N5CCCC(C)(O)C5)nc(OC[C@@]56CCCN5C[C@H](F)C6)nc4c3F)c12. The molecule has 226 valence electrons. The van der Waals surface area contributed by atoms with Gasteiger partial charge in [-0.15, -0.1) is 0 Å². The van der Waals surface area contributed by atoms with E-state index in [2.05, 4.69) is 14.9 Å². The summed E-state index contributed by atoms with van der Waals surface area (Å²) < 4.78 is 52.2. The number of benzene rings is 2. The number of halogens is 3. The third kappa shape index (κ3) is 4.88. The number of β-amino-alcohol motifs (C(OH)–C–C–N with tert-alkyl or cyclic N) is 1. The smallest absolute Gasteiger partial charge is 0.319 e. The molecule has 0 radical (unpaired) electrons. The average Bonchev–Trinajstić information content (AvgIpc) is 3.51. The molecule has 1 N–H and O–H groups in total. The van der Waals surface area contributed by atoms with E-state index in [1.165, 1.54) is 6.07 Å². The van der Waals surface area contributed by atoms with E-state index in [4.69, 9.17) is 9.72 Å². The van der Waals surface area contributed by atoms with Crippen LogP contribution in [0, 0.1) is 11.6 Å². The Balaban J connectivity index is 1.37. The highest BCUT2D eigenvalue weighted by molar-refractivity contribution is 6.00. The third-order valence-corrected chi connectivity index (χ3v) is 9.55. The number of aromatic nitrogens is 3. The number of fused-ring (bicyclic) bond motifs is 3. The van der Waals surface area contributed by atoms with Crippen LogP contribution in [0.25, 0.3) is 32.9 Å². The molecule has 0 bridgehead atoms. The van der Waals surface area contributed by atoms with E-state index in [1.54, 1.807) is 25.3 Å². The predicted octanol–water partition coefficient (Wildman–Crippen LogP) is 5.99. The lowest BCUT2D eigenvalue weighted by atomic mass is 9.94. The van der Waals surface area contributed by atoms with E-state index >= 15 is 4.39 Å². The lowest BCUT2D eigenvalue weighted by Gasteiger charge is -2.38. The maximum atomic E-state index is 16.7. The number of rotatable bonds is 6. The number of pyridine rings is 1. The second-order valence-corrected chi connectivity index (χ2v) is 12.7. The van der Waals surface area contributed by atoms with Gasteiger partial charge in [0.15, 0.2) is 5.82 Å². The first-order valence-electron chi connectivity index (χ1n) is 15.2. The lowest BCUT2D eigenvalue weighted by molar-refractivity contribution is 0.0447. The summed E-state index contributed by atoms with van der Waals surface area (Å²) in [6.45, 7) is 6.01. The molecule has 5 heterocycles. The summed E-state index contributed by atoms with van der Waals surface area (Å²) in [5, 5.41) is 12.7. The van der Waals surface area contributed by atoms with E-state index in [0.29, 0.717) is 66.6 Å². The first-order chi connectivity index (χ1) is 20.7. The van der Waals surface area contributed by atoms with Crippen molar-refractivity contribution < 1.29 is 23.0 Å². The zero-order valence-electron chi connectivity index (χ0n) is 24.5. The molecule has 3 aliphatic rings. The largest absolute Gasteiger partial charge is 0.461 e. The fraction of sp³-hybridized carbons (Fsp3) is 0.485. The number of alkyl halides is 1. The highest BCUT2D eigenvalue weighted by Gasteiger charge is 2.49. The Kier molecular flexibility index (Phi) is 6.97. The van der Waals surface area contributed by atoms with Crippen LogP contribution in [0.2, 0.25) is 0 Å². The van der Waals surface area contributed by atoms with Gasteiger partial charge in [-0.25, -0.2) is 13.2 Å². The Morgan fingerprint density at radius 2 is 1.93 bits per heavy atom. The second-order valence-electron chi connectivity index (χ2n) is 12.7. The second kappa shape index (κ2) is 10.6. The van der Waals surface area contributed by atoms with E-state index in [0.717, 1.165) is 31.2 Å². The predicted molar refractivity (Wildman–Crippen MR) is 160 cm³/mol. The van der Waals surface area contributed by atoms with Crippen molar-refractivity contribution in [2.45, 2.75) is 69.7 Å². The van der Waals surface area contributed by atoms with Gasteiger partial charge < -0.3 is 14.7 Å². The van der Waals surface area contributed by atoms with Crippen molar-refractivity contribution in [3.63, 3.8) is 0 Å². The number of aliphatic hydroxyl groups is 1. The number of hydrogen-bond acceptors (Lipinski definition) is 7. The molecular weight excluding hydrogens is 555 g/mol. The van der Waals surface area contributed by atoms with Crippen molar-refractivity contribution >= 4 is 27.5 Å². The Hall–Kier alpha value is -3.50. The molecule has 2 aromatic carbocycles. The molecule has 43 heavy (non-hydrogen) atoms. The first kappa shape index (κ1) is 28.3. The van der Waals surface area contributed by atoms with E-state index < -0.39 is 23.1 Å². The molecule has 4 aromatic rings. The van der Waals surface area contributed by atoms with Crippen molar-refractivity contribution in [3.05, 3.63) is 53.7 Å². The number of ether oxygens (including phenoxy) is 1. The van der Waals surface area contributed by atoms with Gasteiger partial charge in [-0.05, 0) is 68.0 Å². The van der Waals surface area contributed by atoms with Gasteiger partial charge in [0, 0.05) is 37.8 Å². The van der Waals surface area contributed by atoms with E-state index in [1.807, 2.05) is 24.0 Å². The van der Waals surface area contributed by atoms with Crippen LogP contribution < -0.4 is 9.64 Å². The topological polar surface area (TPSA) is 74.6 Å². The fourth-order valence-corrected chi connectivity index (χ4v) is 7.54. The van der Waals surface area contributed by atoms with Crippen LogP contribution >= 0.6 is 0 Å². The van der Waals surface area contributed by atoms with Gasteiger partial charge in [0.05, 0.1) is 16.5 Å². The van der Waals surface area contributed by atoms with Gasteiger partial charge >= 0.3 is 6.01 Å². The first-order valence-corrected chi connectivity index (χ1v) is 15.2. The van der Waals surface area contributed by atoms with Crippen LogP contribution in [0.3, 0.4) is 0 Å². The average molecular weight is 592 g/mol. The Morgan fingerprint density at radius 1 is 1.09 bits per heavy atom.